The zero-order valence-corrected chi connectivity index (χ0v) is 17.3. The highest BCUT2D eigenvalue weighted by Gasteiger charge is 2.24. The van der Waals surface area contributed by atoms with Gasteiger partial charge in [-0.25, -0.2) is 0 Å². The Bertz CT molecular complexity index is 1000. The summed E-state index contributed by atoms with van der Waals surface area (Å²) in [5.41, 5.74) is 1.95. The molecule has 1 amide bonds. The number of benzene rings is 1. The number of amides is 1. The quantitative estimate of drug-likeness (QED) is 0.676. The Labute approximate surface area is 168 Å². The molecule has 2 aromatic heterocycles. The molecule has 0 saturated carbocycles. The van der Waals surface area contributed by atoms with Crippen LogP contribution in [0.5, 0.6) is 5.75 Å². The van der Waals surface area contributed by atoms with Gasteiger partial charge in [0.15, 0.2) is 5.82 Å². The third-order valence-electron chi connectivity index (χ3n) is 5.23. The Kier molecular flexibility index (Phi) is 5.17. The summed E-state index contributed by atoms with van der Waals surface area (Å²) in [6.45, 7) is 7.04. The molecule has 0 radical (unpaired) electrons. The van der Waals surface area contributed by atoms with Crippen molar-refractivity contribution in [2.75, 3.05) is 38.2 Å². The zero-order valence-electron chi connectivity index (χ0n) is 16.4. The summed E-state index contributed by atoms with van der Waals surface area (Å²) in [4.78, 5) is 18.2. The van der Waals surface area contributed by atoms with Crippen molar-refractivity contribution in [1.82, 2.24) is 15.1 Å². The first kappa shape index (κ1) is 18.7. The van der Waals surface area contributed by atoms with E-state index in [9.17, 15) is 4.79 Å². The van der Waals surface area contributed by atoms with Gasteiger partial charge >= 0.3 is 0 Å². The maximum Gasteiger partial charge on any atom is 0.264 e. The van der Waals surface area contributed by atoms with E-state index in [0.717, 1.165) is 63.8 Å². The van der Waals surface area contributed by atoms with E-state index in [1.165, 1.54) is 0 Å². The second-order valence-electron chi connectivity index (χ2n) is 7.08. The fraction of sp³-hybridized carbons (Fsp3) is 0.381. The number of hydrogen-bond acceptors (Lipinski definition) is 6. The first-order valence-corrected chi connectivity index (χ1v) is 10.3. The number of hydrogen-bond donors (Lipinski definition) is 0. The minimum atomic E-state index is 0.120. The number of ether oxygens (including phenoxy) is 1. The van der Waals surface area contributed by atoms with E-state index in [1.807, 2.05) is 49.1 Å². The molecule has 28 heavy (non-hydrogen) atoms. The topological polar surface area (TPSA) is 58.6 Å². The predicted molar refractivity (Wildman–Crippen MR) is 113 cm³/mol. The van der Waals surface area contributed by atoms with Crippen LogP contribution in [0, 0.1) is 13.8 Å². The van der Waals surface area contributed by atoms with Crippen molar-refractivity contribution in [1.29, 1.82) is 0 Å². The second-order valence-corrected chi connectivity index (χ2v) is 8.14. The Hall–Kier alpha value is -2.67. The number of aromatic nitrogens is 2. The Morgan fingerprint density at radius 1 is 1.07 bits per heavy atom. The highest BCUT2D eigenvalue weighted by Crippen LogP contribution is 2.34. The largest absolute Gasteiger partial charge is 0.497 e. The molecule has 4 rings (SSSR count). The Balaban J connectivity index is 1.53. The molecule has 0 aliphatic carbocycles. The summed E-state index contributed by atoms with van der Waals surface area (Å²) in [5.74, 6) is 1.82. The SMILES string of the molecule is COc1ccc2sc(C(=O)N3CCCN(c4ccc(C)nn4)CC3)c(C)c2c1. The molecule has 1 fully saturated rings. The van der Waals surface area contributed by atoms with Gasteiger partial charge in [0.05, 0.1) is 17.7 Å². The average molecular weight is 397 g/mol. The molecule has 0 spiro atoms. The zero-order chi connectivity index (χ0) is 19.7. The van der Waals surface area contributed by atoms with Crippen LogP contribution in [-0.4, -0.2) is 54.3 Å². The van der Waals surface area contributed by atoms with Crippen LogP contribution >= 0.6 is 11.3 Å². The van der Waals surface area contributed by atoms with Crippen molar-refractivity contribution in [3.63, 3.8) is 0 Å². The molecule has 1 aliphatic heterocycles. The molecule has 146 valence electrons. The molecule has 0 N–H and O–H groups in total. The number of methoxy groups -OCH3 is 1. The monoisotopic (exact) mass is 396 g/mol. The smallest absolute Gasteiger partial charge is 0.264 e. The van der Waals surface area contributed by atoms with E-state index < -0.39 is 0 Å². The average Bonchev–Trinajstić information content (AvgIpc) is 2.89. The van der Waals surface area contributed by atoms with Gasteiger partial charge in [0.1, 0.15) is 5.75 Å². The van der Waals surface area contributed by atoms with Gasteiger partial charge in [-0.2, -0.15) is 5.10 Å². The van der Waals surface area contributed by atoms with Gasteiger partial charge in [-0.1, -0.05) is 0 Å². The predicted octanol–water partition coefficient (Wildman–Crippen LogP) is 3.67. The van der Waals surface area contributed by atoms with Gasteiger partial charge < -0.3 is 14.5 Å². The number of nitrogens with zero attached hydrogens (tertiary/aromatic N) is 4. The number of rotatable bonds is 3. The standard InChI is InChI=1S/C21H24N4O2S/c1-14-5-8-19(23-22-14)24-9-4-10-25(12-11-24)21(26)20-15(2)17-13-16(27-3)6-7-18(17)28-20/h5-8,13H,4,9-12H2,1-3H3. The summed E-state index contributed by atoms with van der Waals surface area (Å²) in [5, 5.41) is 9.55. The van der Waals surface area contributed by atoms with Gasteiger partial charge in [0, 0.05) is 30.9 Å². The van der Waals surface area contributed by atoms with Crippen molar-refractivity contribution < 1.29 is 9.53 Å². The van der Waals surface area contributed by atoms with Crippen molar-refractivity contribution in [2.24, 2.45) is 0 Å². The Morgan fingerprint density at radius 3 is 2.68 bits per heavy atom. The summed E-state index contributed by atoms with van der Waals surface area (Å²) in [6.07, 6.45) is 0.916. The molecular formula is C21H24N4O2S. The number of carbonyl (C=O) groups is 1. The van der Waals surface area contributed by atoms with Crippen molar-refractivity contribution in [3.05, 3.63) is 46.5 Å². The molecule has 1 aliphatic rings. The van der Waals surface area contributed by atoms with Crippen LogP contribution < -0.4 is 9.64 Å². The molecule has 1 aromatic carbocycles. The summed E-state index contributed by atoms with van der Waals surface area (Å²) >= 11 is 1.57. The third-order valence-corrected chi connectivity index (χ3v) is 6.49. The molecule has 0 unspecified atom stereocenters. The first-order valence-electron chi connectivity index (χ1n) is 9.48. The maximum absolute atomic E-state index is 13.2. The molecule has 0 atom stereocenters. The summed E-state index contributed by atoms with van der Waals surface area (Å²) in [6, 6.07) is 9.97. The van der Waals surface area contributed by atoms with Crippen LogP contribution in [0.15, 0.2) is 30.3 Å². The van der Waals surface area contributed by atoms with Gasteiger partial charge in [0.25, 0.3) is 5.91 Å². The van der Waals surface area contributed by atoms with Crippen LogP contribution in [0.25, 0.3) is 10.1 Å². The summed E-state index contributed by atoms with van der Waals surface area (Å²) in [7, 11) is 1.66. The highest BCUT2D eigenvalue weighted by atomic mass is 32.1. The molecule has 7 heteroatoms. The van der Waals surface area contributed by atoms with Crippen molar-refractivity contribution in [2.45, 2.75) is 20.3 Å². The molecule has 0 bridgehead atoms. The van der Waals surface area contributed by atoms with E-state index in [2.05, 4.69) is 15.1 Å². The van der Waals surface area contributed by atoms with Crippen molar-refractivity contribution >= 4 is 33.1 Å². The van der Waals surface area contributed by atoms with Crippen LogP contribution in [-0.2, 0) is 0 Å². The number of carbonyl (C=O) groups excluding carboxylic acids is 1. The lowest BCUT2D eigenvalue weighted by Crippen LogP contribution is -2.35. The lowest BCUT2D eigenvalue weighted by molar-refractivity contribution is 0.0771. The van der Waals surface area contributed by atoms with Crippen LogP contribution in [0.1, 0.15) is 27.3 Å². The lowest BCUT2D eigenvalue weighted by Gasteiger charge is -2.22. The van der Waals surface area contributed by atoms with E-state index in [-0.39, 0.29) is 5.91 Å². The Morgan fingerprint density at radius 2 is 1.93 bits per heavy atom. The highest BCUT2D eigenvalue weighted by molar-refractivity contribution is 7.21. The van der Waals surface area contributed by atoms with Gasteiger partial charge in [-0.15, -0.1) is 16.4 Å². The minimum Gasteiger partial charge on any atom is -0.497 e. The van der Waals surface area contributed by atoms with Crippen LogP contribution in [0.4, 0.5) is 5.82 Å². The van der Waals surface area contributed by atoms with Crippen LogP contribution in [0.3, 0.4) is 0 Å². The van der Waals surface area contributed by atoms with Gasteiger partial charge in [-0.05, 0) is 61.5 Å². The third kappa shape index (κ3) is 3.54. The van der Waals surface area contributed by atoms with Gasteiger partial charge in [0.2, 0.25) is 0 Å². The van der Waals surface area contributed by atoms with Crippen molar-refractivity contribution in [3.8, 4) is 5.75 Å². The fourth-order valence-corrected chi connectivity index (χ4v) is 4.74. The number of aryl methyl sites for hydroxylation is 2. The molecule has 3 heterocycles. The number of anilines is 1. The molecule has 1 saturated heterocycles. The molecule has 3 aromatic rings. The maximum atomic E-state index is 13.2. The molecular weight excluding hydrogens is 372 g/mol. The second kappa shape index (κ2) is 7.75. The van der Waals surface area contributed by atoms with E-state index >= 15 is 0 Å². The normalized spacial score (nSPS) is 15.0. The van der Waals surface area contributed by atoms with Crippen LogP contribution in [0.2, 0.25) is 0 Å². The first-order chi connectivity index (χ1) is 13.6. The van der Waals surface area contributed by atoms with E-state index in [0.29, 0.717) is 6.54 Å². The van der Waals surface area contributed by atoms with E-state index in [1.54, 1.807) is 18.4 Å². The lowest BCUT2D eigenvalue weighted by atomic mass is 10.1. The van der Waals surface area contributed by atoms with Gasteiger partial charge in [-0.3, -0.25) is 4.79 Å². The molecule has 6 nitrogen and oxygen atoms in total. The van der Waals surface area contributed by atoms with E-state index in [4.69, 9.17) is 4.74 Å². The fourth-order valence-electron chi connectivity index (χ4n) is 3.58. The minimum absolute atomic E-state index is 0.120. The number of fused-ring (bicyclic) bond motifs is 1. The number of thiophene rings is 1. The summed E-state index contributed by atoms with van der Waals surface area (Å²) < 4.78 is 6.45.